The van der Waals surface area contributed by atoms with Crippen molar-refractivity contribution < 1.29 is 0 Å². The maximum atomic E-state index is 5.05. The third-order valence-electron chi connectivity index (χ3n) is 9.71. The van der Waals surface area contributed by atoms with Gasteiger partial charge in [0.25, 0.3) is 0 Å². The molecule has 10 aromatic rings. The summed E-state index contributed by atoms with van der Waals surface area (Å²) in [5.41, 5.74) is 9.91. The third-order valence-corrected chi connectivity index (χ3v) is 9.71. The van der Waals surface area contributed by atoms with E-state index in [9.17, 15) is 0 Å². The lowest BCUT2D eigenvalue weighted by molar-refractivity contribution is 0.766. The third kappa shape index (κ3) is 5.69. The van der Waals surface area contributed by atoms with Gasteiger partial charge in [-0.05, 0) is 68.7 Å². The Balaban J connectivity index is 1.08. The topological polar surface area (TPSA) is 69.4 Å². The van der Waals surface area contributed by atoms with E-state index in [0.717, 1.165) is 71.6 Å². The molecule has 0 aliphatic rings. The van der Waals surface area contributed by atoms with Gasteiger partial charge in [-0.3, -0.25) is 0 Å². The first-order chi connectivity index (χ1) is 26.2. The number of aromatic nitrogens is 6. The highest BCUT2D eigenvalue weighted by atomic mass is 15.5. The van der Waals surface area contributed by atoms with Crippen molar-refractivity contribution >= 4 is 32.6 Å². The summed E-state index contributed by atoms with van der Waals surface area (Å²) in [7, 11) is 0. The number of para-hydroxylation sites is 1. The summed E-state index contributed by atoms with van der Waals surface area (Å²) in [6, 6.07) is 62.5. The molecule has 0 spiro atoms. The molecular weight excluding hydrogens is 649 g/mol. The molecule has 6 heteroatoms. The van der Waals surface area contributed by atoms with Crippen LogP contribution in [0.25, 0.3) is 94.7 Å². The molecule has 8 aromatic carbocycles. The Hall–Kier alpha value is -7.31. The minimum Gasteiger partial charge on any atom is -0.208 e. The van der Waals surface area contributed by atoms with E-state index >= 15 is 0 Å². The predicted octanol–water partition coefficient (Wildman–Crippen LogP) is 11.2. The zero-order valence-electron chi connectivity index (χ0n) is 28.5. The van der Waals surface area contributed by atoms with Crippen molar-refractivity contribution in [2.45, 2.75) is 0 Å². The van der Waals surface area contributed by atoms with Gasteiger partial charge in [0.15, 0.2) is 17.5 Å². The van der Waals surface area contributed by atoms with Gasteiger partial charge in [0.05, 0.1) is 5.69 Å². The zero-order chi connectivity index (χ0) is 35.1. The first-order valence-electron chi connectivity index (χ1n) is 17.6. The number of hydrogen-bond acceptors (Lipinski definition) is 5. The molecule has 0 bridgehead atoms. The van der Waals surface area contributed by atoms with Crippen LogP contribution in [-0.4, -0.2) is 29.9 Å². The van der Waals surface area contributed by atoms with Gasteiger partial charge in [-0.1, -0.05) is 152 Å². The Morgan fingerprint density at radius 3 is 1.57 bits per heavy atom. The smallest absolute Gasteiger partial charge is 0.164 e. The first-order valence-corrected chi connectivity index (χ1v) is 17.6. The minimum atomic E-state index is 0.619. The van der Waals surface area contributed by atoms with Crippen LogP contribution in [0.2, 0.25) is 0 Å². The number of hydrogen-bond donors (Lipinski definition) is 0. The fourth-order valence-electron chi connectivity index (χ4n) is 7.00. The van der Waals surface area contributed by atoms with Crippen LogP contribution >= 0.6 is 0 Å². The largest absolute Gasteiger partial charge is 0.208 e. The van der Waals surface area contributed by atoms with Gasteiger partial charge in [0.2, 0.25) is 0 Å². The summed E-state index contributed by atoms with van der Waals surface area (Å²) < 4.78 is 0. The Morgan fingerprint density at radius 1 is 0.340 bits per heavy atom. The molecule has 53 heavy (non-hydrogen) atoms. The van der Waals surface area contributed by atoms with Gasteiger partial charge in [-0.15, -0.1) is 10.2 Å². The summed E-state index contributed by atoms with van der Waals surface area (Å²) in [5, 5.41) is 14.3. The molecule has 0 saturated carbocycles. The molecule has 10 rings (SSSR count). The number of nitrogens with zero attached hydrogens (tertiary/aromatic N) is 6. The Kier molecular flexibility index (Phi) is 7.36. The van der Waals surface area contributed by atoms with Crippen LogP contribution < -0.4 is 0 Å². The highest BCUT2D eigenvalue weighted by Crippen LogP contribution is 2.35. The predicted molar refractivity (Wildman–Crippen MR) is 214 cm³/mol. The molecule has 0 saturated heterocycles. The SMILES string of the molecule is c1ccc(-c2ccc(-c3nc(-c4ccccc4)nc(-c4cccc(-c5ccc6ccc7ccc8nn(-c9ccccc9)nc8c7c6c5)c4)n3)cc2)cc1. The second-order valence-electron chi connectivity index (χ2n) is 13.1. The molecular formula is C47H30N6. The Labute approximate surface area is 305 Å². The molecule has 248 valence electrons. The van der Waals surface area contributed by atoms with E-state index in [4.69, 9.17) is 25.1 Å². The molecule has 0 radical (unpaired) electrons. The maximum Gasteiger partial charge on any atom is 0.164 e. The molecule has 0 unspecified atom stereocenters. The molecule has 0 aliphatic carbocycles. The van der Waals surface area contributed by atoms with Crippen LogP contribution in [0.3, 0.4) is 0 Å². The van der Waals surface area contributed by atoms with E-state index in [2.05, 4.69) is 109 Å². The second kappa shape index (κ2) is 12.8. The lowest BCUT2D eigenvalue weighted by atomic mass is 9.95. The zero-order valence-corrected chi connectivity index (χ0v) is 28.5. The average molecular weight is 679 g/mol. The van der Waals surface area contributed by atoms with E-state index in [1.807, 2.05) is 72.8 Å². The molecule has 0 N–H and O–H groups in total. The van der Waals surface area contributed by atoms with Crippen molar-refractivity contribution in [2.75, 3.05) is 0 Å². The van der Waals surface area contributed by atoms with Gasteiger partial charge < -0.3 is 0 Å². The number of rotatable bonds is 6. The normalized spacial score (nSPS) is 11.4. The molecule has 2 aromatic heterocycles. The fraction of sp³-hybridized carbons (Fsp3) is 0. The lowest BCUT2D eigenvalue weighted by Crippen LogP contribution is -2.00. The van der Waals surface area contributed by atoms with Crippen LogP contribution in [0.1, 0.15) is 0 Å². The van der Waals surface area contributed by atoms with E-state index in [0.29, 0.717) is 17.5 Å². The molecule has 0 amide bonds. The lowest BCUT2D eigenvalue weighted by Gasteiger charge is -2.11. The van der Waals surface area contributed by atoms with Gasteiger partial charge in [0.1, 0.15) is 11.0 Å². The minimum absolute atomic E-state index is 0.619. The van der Waals surface area contributed by atoms with Gasteiger partial charge in [-0.25, -0.2) is 15.0 Å². The molecule has 0 atom stereocenters. The summed E-state index contributed by atoms with van der Waals surface area (Å²) in [6.45, 7) is 0. The second-order valence-corrected chi connectivity index (χ2v) is 13.1. The van der Waals surface area contributed by atoms with Gasteiger partial charge >= 0.3 is 0 Å². The fourth-order valence-corrected chi connectivity index (χ4v) is 7.00. The van der Waals surface area contributed by atoms with E-state index in [-0.39, 0.29) is 0 Å². The summed E-state index contributed by atoms with van der Waals surface area (Å²) in [4.78, 5) is 16.7. The monoisotopic (exact) mass is 678 g/mol. The van der Waals surface area contributed by atoms with Crippen LogP contribution in [0, 0.1) is 0 Å². The summed E-state index contributed by atoms with van der Waals surface area (Å²) in [6.07, 6.45) is 0. The molecule has 0 fully saturated rings. The summed E-state index contributed by atoms with van der Waals surface area (Å²) in [5.74, 6) is 1.88. The standard InChI is InChI=1S/C47H30N6/c1-4-11-31(12-5-1)32-19-24-36(25-20-32)46-48-45(35-13-6-2-7-14-35)49-47(50-46)39-16-10-15-37(29-39)38-26-22-33-21-23-34-27-28-42-44(43(34)41(33)30-38)52-53(51-42)40-17-8-3-9-18-40/h1-30H. The Morgan fingerprint density at radius 2 is 0.830 bits per heavy atom. The quantitative estimate of drug-likeness (QED) is 0.164. The van der Waals surface area contributed by atoms with Gasteiger partial charge in [0, 0.05) is 22.1 Å². The van der Waals surface area contributed by atoms with Crippen molar-refractivity contribution in [2.24, 2.45) is 0 Å². The Bertz CT molecular complexity index is 2920. The average Bonchev–Trinajstić information content (AvgIpc) is 3.69. The molecule has 6 nitrogen and oxygen atoms in total. The van der Waals surface area contributed by atoms with Crippen molar-refractivity contribution in [3.8, 4) is 62.1 Å². The summed E-state index contributed by atoms with van der Waals surface area (Å²) >= 11 is 0. The van der Waals surface area contributed by atoms with Crippen LogP contribution in [0.15, 0.2) is 182 Å². The van der Waals surface area contributed by atoms with E-state index in [1.165, 1.54) is 5.56 Å². The van der Waals surface area contributed by atoms with Crippen molar-refractivity contribution in [3.63, 3.8) is 0 Å². The highest BCUT2D eigenvalue weighted by Gasteiger charge is 2.15. The van der Waals surface area contributed by atoms with Crippen molar-refractivity contribution in [1.29, 1.82) is 0 Å². The highest BCUT2D eigenvalue weighted by molar-refractivity contribution is 6.18. The van der Waals surface area contributed by atoms with E-state index in [1.54, 1.807) is 4.80 Å². The van der Waals surface area contributed by atoms with Crippen molar-refractivity contribution in [1.82, 2.24) is 29.9 Å². The van der Waals surface area contributed by atoms with E-state index < -0.39 is 0 Å². The van der Waals surface area contributed by atoms with Crippen LogP contribution in [0.5, 0.6) is 0 Å². The molecule has 0 aliphatic heterocycles. The number of benzene rings is 8. The van der Waals surface area contributed by atoms with Crippen LogP contribution in [0.4, 0.5) is 0 Å². The molecule has 2 heterocycles. The maximum absolute atomic E-state index is 5.05. The van der Waals surface area contributed by atoms with Gasteiger partial charge in [-0.2, -0.15) is 4.80 Å². The first kappa shape index (κ1) is 30.5. The van der Waals surface area contributed by atoms with Crippen LogP contribution in [-0.2, 0) is 0 Å². The van der Waals surface area contributed by atoms with Crippen molar-refractivity contribution in [3.05, 3.63) is 182 Å². The number of fused-ring (bicyclic) bond motifs is 5.